The van der Waals surface area contributed by atoms with Gasteiger partial charge in [-0.2, -0.15) is 5.10 Å². The zero-order valence-electron chi connectivity index (χ0n) is 18.5. The molecule has 1 aromatic carbocycles. The van der Waals surface area contributed by atoms with Crippen molar-refractivity contribution < 1.29 is 4.79 Å². The van der Waals surface area contributed by atoms with Gasteiger partial charge in [-0.05, 0) is 59.6 Å². The molecule has 1 amide bonds. The smallest absolute Gasteiger partial charge is 0.270 e. The molecule has 4 aromatic rings. The SMILES string of the molecule is CC(C)(C)c1ccnc(C(=O)NC2CCCc3cc(-c4ncnc5[nH]ncc45)ccc32)c1. The summed E-state index contributed by atoms with van der Waals surface area (Å²) in [5.74, 6) is -0.131. The van der Waals surface area contributed by atoms with Gasteiger partial charge in [0.15, 0.2) is 5.65 Å². The Kier molecular flexibility index (Phi) is 4.96. The van der Waals surface area contributed by atoms with E-state index in [4.69, 9.17) is 0 Å². The van der Waals surface area contributed by atoms with Crippen LogP contribution in [-0.2, 0) is 11.8 Å². The molecule has 162 valence electrons. The number of rotatable bonds is 3. The Hall–Kier alpha value is -3.61. The number of aromatic amines is 1. The topological polar surface area (TPSA) is 96.5 Å². The van der Waals surface area contributed by atoms with Crippen LogP contribution in [0.1, 0.15) is 66.8 Å². The molecule has 0 saturated heterocycles. The van der Waals surface area contributed by atoms with Crippen LogP contribution in [0, 0.1) is 0 Å². The Bertz CT molecular complexity index is 1300. The molecule has 0 saturated carbocycles. The van der Waals surface area contributed by atoms with Gasteiger partial charge in [-0.15, -0.1) is 0 Å². The summed E-state index contributed by atoms with van der Waals surface area (Å²) in [5.41, 5.74) is 6.55. The number of benzene rings is 1. The molecule has 7 heteroatoms. The fourth-order valence-electron chi connectivity index (χ4n) is 4.36. The van der Waals surface area contributed by atoms with E-state index in [-0.39, 0.29) is 17.4 Å². The first-order valence-corrected chi connectivity index (χ1v) is 10.9. The Morgan fingerprint density at radius 3 is 2.84 bits per heavy atom. The summed E-state index contributed by atoms with van der Waals surface area (Å²) in [6, 6.07) is 10.2. The van der Waals surface area contributed by atoms with Crippen LogP contribution in [-0.4, -0.2) is 31.1 Å². The van der Waals surface area contributed by atoms with Crippen LogP contribution >= 0.6 is 0 Å². The van der Waals surface area contributed by atoms with E-state index in [1.165, 1.54) is 5.56 Å². The van der Waals surface area contributed by atoms with Gasteiger partial charge in [-0.3, -0.25) is 14.9 Å². The zero-order chi connectivity index (χ0) is 22.3. The van der Waals surface area contributed by atoms with Crippen molar-refractivity contribution in [2.75, 3.05) is 0 Å². The zero-order valence-corrected chi connectivity index (χ0v) is 18.5. The lowest BCUT2D eigenvalue weighted by Gasteiger charge is -2.27. The van der Waals surface area contributed by atoms with Gasteiger partial charge in [0.2, 0.25) is 0 Å². The minimum atomic E-state index is -0.131. The van der Waals surface area contributed by atoms with Crippen molar-refractivity contribution in [2.24, 2.45) is 0 Å². The standard InChI is InChI=1S/C25H26N6O/c1-25(2,3)17-9-10-26-21(12-17)24(32)30-20-6-4-5-15-11-16(7-8-18(15)20)22-19-13-29-31-23(19)28-14-27-22/h7-14,20H,4-6H2,1-3H3,(H,30,32)(H,27,28,29,31). The van der Waals surface area contributed by atoms with Crippen LogP contribution in [0.4, 0.5) is 0 Å². The number of nitrogens with zero attached hydrogens (tertiary/aromatic N) is 4. The lowest BCUT2D eigenvalue weighted by molar-refractivity contribution is 0.0927. The van der Waals surface area contributed by atoms with E-state index >= 15 is 0 Å². The number of amides is 1. The lowest BCUT2D eigenvalue weighted by Crippen LogP contribution is -2.31. The van der Waals surface area contributed by atoms with E-state index in [9.17, 15) is 4.79 Å². The predicted octanol–water partition coefficient (Wildman–Crippen LogP) is 4.52. The minimum Gasteiger partial charge on any atom is -0.344 e. The maximum atomic E-state index is 13.0. The monoisotopic (exact) mass is 426 g/mol. The summed E-state index contributed by atoms with van der Waals surface area (Å²) in [6.07, 6.45) is 7.93. The molecule has 7 nitrogen and oxygen atoms in total. The van der Waals surface area contributed by atoms with E-state index in [2.05, 4.69) is 69.4 Å². The summed E-state index contributed by atoms with van der Waals surface area (Å²) >= 11 is 0. The molecular weight excluding hydrogens is 400 g/mol. The highest BCUT2D eigenvalue weighted by Gasteiger charge is 2.24. The number of carbonyl (C=O) groups is 1. The second-order valence-electron chi connectivity index (χ2n) is 9.37. The molecule has 1 unspecified atom stereocenters. The molecule has 0 aliphatic heterocycles. The third-order valence-corrected chi connectivity index (χ3v) is 6.14. The van der Waals surface area contributed by atoms with Crippen LogP contribution in [0.15, 0.2) is 49.1 Å². The third-order valence-electron chi connectivity index (χ3n) is 6.14. The van der Waals surface area contributed by atoms with E-state index in [0.29, 0.717) is 5.69 Å². The summed E-state index contributed by atoms with van der Waals surface area (Å²) in [7, 11) is 0. The highest BCUT2D eigenvalue weighted by molar-refractivity contribution is 5.93. The van der Waals surface area contributed by atoms with Crippen molar-refractivity contribution in [1.29, 1.82) is 0 Å². The summed E-state index contributed by atoms with van der Waals surface area (Å²) < 4.78 is 0. The number of hydrogen-bond acceptors (Lipinski definition) is 5. The molecule has 3 heterocycles. The van der Waals surface area contributed by atoms with Crippen molar-refractivity contribution in [3.05, 3.63) is 71.4 Å². The number of nitrogens with one attached hydrogen (secondary N) is 2. The van der Waals surface area contributed by atoms with Crippen molar-refractivity contribution in [3.63, 3.8) is 0 Å². The molecule has 1 aliphatic rings. The van der Waals surface area contributed by atoms with Crippen molar-refractivity contribution in [2.45, 2.75) is 51.5 Å². The molecule has 0 bridgehead atoms. The van der Waals surface area contributed by atoms with Crippen LogP contribution in [0.3, 0.4) is 0 Å². The Morgan fingerprint density at radius 1 is 1.12 bits per heavy atom. The van der Waals surface area contributed by atoms with E-state index in [0.717, 1.165) is 52.7 Å². The largest absolute Gasteiger partial charge is 0.344 e. The molecule has 0 radical (unpaired) electrons. The average Bonchev–Trinajstić information content (AvgIpc) is 3.27. The van der Waals surface area contributed by atoms with Gasteiger partial charge < -0.3 is 5.32 Å². The average molecular weight is 427 g/mol. The minimum absolute atomic E-state index is 0.0280. The second-order valence-corrected chi connectivity index (χ2v) is 9.37. The van der Waals surface area contributed by atoms with Gasteiger partial charge in [0.05, 0.1) is 23.3 Å². The molecule has 32 heavy (non-hydrogen) atoms. The summed E-state index contributed by atoms with van der Waals surface area (Å²) in [4.78, 5) is 26.0. The van der Waals surface area contributed by atoms with Crippen molar-refractivity contribution in [1.82, 2.24) is 30.5 Å². The molecule has 0 spiro atoms. The fourth-order valence-corrected chi connectivity index (χ4v) is 4.36. The van der Waals surface area contributed by atoms with E-state index < -0.39 is 0 Å². The molecule has 2 N–H and O–H groups in total. The number of aromatic nitrogens is 5. The van der Waals surface area contributed by atoms with Crippen LogP contribution in [0.5, 0.6) is 0 Å². The fraction of sp³-hybridized carbons (Fsp3) is 0.320. The van der Waals surface area contributed by atoms with Gasteiger partial charge in [-0.1, -0.05) is 32.9 Å². The van der Waals surface area contributed by atoms with Crippen LogP contribution in [0.2, 0.25) is 0 Å². The second kappa shape index (κ2) is 7.82. The summed E-state index contributed by atoms with van der Waals surface area (Å²) in [6.45, 7) is 6.40. The van der Waals surface area contributed by atoms with Gasteiger partial charge in [0.1, 0.15) is 12.0 Å². The molecule has 3 aromatic heterocycles. The Balaban J connectivity index is 1.42. The quantitative estimate of drug-likeness (QED) is 0.502. The number of aryl methyl sites for hydroxylation is 1. The normalized spacial score (nSPS) is 16.0. The Morgan fingerprint density at radius 2 is 2.00 bits per heavy atom. The number of carbonyl (C=O) groups excluding carboxylic acids is 1. The van der Waals surface area contributed by atoms with Crippen molar-refractivity contribution in [3.8, 4) is 11.3 Å². The molecule has 5 rings (SSSR count). The van der Waals surface area contributed by atoms with Crippen molar-refractivity contribution >= 4 is 16.9 Å². The first kappa shape index (κ1) is 20.3. The number of H-pyrrole nitrogens is 1. The molecule has 1 atom stereocenters. The molecular formula is C25H26N6O. The van der Waals surface area contributed by atoms with Crippen LogP contribution in [0.25, 0.3) is 22.3 Å². The van der Waals surface area contributed by atoms with Gasteiger partial charge in [0.25, 0.3) is 5.91 Å². The number of fused-ring (bicyclic) bond motifs is 2. The summed E-state index contributed by atoms with van der Waals surface area (Å²) in [5, 5.41) is 11.1. The number of pyridine rings is 1. The third kappa shape index (κ3) is 3.75. The first-order chi connectivity index (χ1) is 15.4. The van der Waals surface area contributed by atoms with Gasteiger partial charge in [0, 0.05) is 11.8 Å². The van der Waals surface area contributed by atoms with Crippen LogP contribution < -0.4 is 5.32 Å². The van der Waals surface area contributed by atoms with E-state index in [1.54, 1.807) is 18.7 Å². The highest BCUT2D eigenvalue weighted by atomic mass is 16.1. The van der Waals surface area contributed by atoms with E-state index in [1.807, 2.05) is 12.1 Å². The highest BCUT2D eigenvalue weighted by Crippen LogP contribution is 2.34. The molecule has 0 fully saturated rings. The maximum Gasteiger partial charge on any atom is 0.270 e. The van der Waals surface area contributed by atoms with Gasteiger partial charge in [-0.25, -0.2) is 9.97 Å². The van der Waals surface area contributed by atoms with Gasteiger partial charge >= 0.3 is 0 Å². The first-order valence-electron chi connectivity index (χ1n) is 10.9. The Labute approximate surface area is 186 Å². The lowest BCUT2D eigenvalue weighted by atomic mass is 9.85. The maximum absolute atomic E-state index is 13.0. The number of hydrogen-bond donors (Lipinski definition) is 2. The predicted molar refractivity (Wildman–Crippen MR) is 123 cm³/mol. The molecule has 1 aliphatic carbocycles.